The Bertz CT molecular complexity index is 789. The van der Waals surface area contributed by atoms with E-state index in [1.807, 2.05) is 12.1 Å². The Kier molecular flexibility index (Phi) is 11.4. The first-order chi connectivity index (χ1) is 15.2. The molecule has 31 heavy (non-hydrogen) atoms. The van der Waals surface area contributed by atoms with Gasteiger partial charge in [-0.3, -0.25) is 0 Å². The topological polar surface area (TPSA) is 46.2 Å². The average molecular weight is 479 g/mol. The molecule has 1 aromatic rings. The number of rotatable bonds is 11. The Morgan fingerprint density at radius 2 is 2.13 bits per heavy atom. The van der Waals surface area contributed by atoms with Crippen molar-refractivity contribution < 1.29 is 23.4 Å². The third-order valence-corrected chi connectivity index (χ3v) is 6.24. The fraction of sp³-hybridized carbons (Fsp3) is 0.545. The van der Waals surface area contributed by atoms with E-state index >= 15 is 0 Å². The van der Waals surface area contributed by atoms with Crippen molar-refractivity contribution in [1.29, 1.82) is 0 Å². The van der Waals surface area contributed by atoms with Gasteiger partial charge in [0, 0.05) is 8.81 Å². The summed E-state index contributed by atoms with van der Waals surface area (Å²) in [4.78, 5) is 0. The summed E-state index contributed by atoms with van der Waals surface area (Å²) in [7, 11) is 0.302. The van der Waals surface area contributed by atoms with Gasteiger partial charge in [-0.1, -0.05) is 18.7 Å². The van der Waals surface area contributed by atoms with Gasteiger partial charge < -0.3 is 4.52 Å². The van der Waals surface area contributed by atoms with Gasteiger partial charge in [0.15, 0.2) is 0 Å². The van der Waals surface area contributed by atoms with Gasteiger partial charge in [-0.15, -0.1) is 0 Å². The van der Waals surface area contributed by atoms with Gasteiger partial charge in [-0.05, 0) is 11.4 Å². The van der Waals surface area contributed by atoms with Crippen molar-refractivity contribution in [2.75, 3.05) is 13.2 Å². The quantitative estimate of drug-likeness (QED) is 0.179. The number of hydrogen-bond donors (Lipinski definition) is 0. The second-order valence-corrected chi connectivity index (χ2v) is 9.74. The van der Waals surface area contributed by atoms with Crippen LogP contribution in [-0.4, -0.2) is 38.3 Å². The average Bonchev–Trinajstić information content (AvgIpc) is 2.77. The van der Waals surface area contributed by atoms with Crippen molar-refractivity contribution in [2.24, 2.45) is 0 Å². The minimum absolute atomic E-state index is 0.0982. The van der Waals surface area contributed by atoms with Crippen molar-refractivity contribution in [1.82, 2.24) is 0 Å². The summed E-state index contributed by atoms with van der Waals surface area (Å²) in [6.45, 7) is 12.1. The van der Waals surface area contributed by atoms with Gasteiger partial charge in [0.1, 0.15) is 0 Å². The molecule has 5 nitrogen and oxygen atoms in total. The molecule has 0 spiro atoms. The van der Waals surface area contributed by atoms with E-state index in [2.05, 4.69) is 25.3 Å². The van der Waals surface area contributed by atoms with Crippen LogP contribution in [0.15, 0.2) is 48.8 Å². The Hall–Kier alpha value is -0.355. The van der Waals surface area contributed by atoms with Crippen LogP contribution >= 0.6 is 15.7 Å². The van der Waals surface area contributed by atoms with Crippen LogP contribution in [0.5, 0.6) is 0 Å². The van der Waals surface area contributed by atoms with E-state index in [0.717, 1.165) is 50.1 Å². The van der Waals surface area contributed by atoms with Crippen molar-refractivity contribution >= 4 is 34.3 Å². The zero-order valence-electron chi connectivity index (χ0n) is 17.7. The molecular formula is C22H30BO5P2S+. The summed E-state index contributed by atoms with van der Waals surface area (Å²) in [5, 5.41) is 0. The molecule has 0 radical (unpaired) electrons. The minimum atomic E-state index is -0.357. The maximum atomic E-state index is 6.33. The van der Waals surface area contributed by atoms with E-state index in [9.17, 15) is 0 Å². The van der Waals surface area contributed by atoms with Crippen LogP contribution in [0.1, 0.15) is 49.5 Å². The molecule has 3 rings (SSSR count). The van der Waals surface area contributed by atoms with Gasteiger partial charge in [-0.25, -0.2) is 0 Å². The second-order valence-electron chi connectivity index (χ2n) is 7.75. The Balaban J connectivity index is 1.52. The first kappa shape index (κ1) is 25.3. The van der Waals surface area contributed by atoms with Gasteiger partial charge in [0.2, 0.25) is 0 Å². The molecule has 2 fully saturated rings. The summed E-state index contributed by atoms with van der Waals surface area (Å²) >= 11 is 4.84. The van der Waals surface area contributed by atoms with E-state index in [1.54, 1.807) is 12.6 Å². The van der Waals surface area contributed by atoms with Crippen LogP contribution in [0.4, 0.5) is 0 Å². The van der Waals surface area contributed by atoms with Crippen molar-refractivity contribution in [3.8, 4) is 0 Å². The van der Waals surface area contributed by atoms with E-state index in [4.69, 9.17) is 35.2 Å². The predicted molar refractivity (Wildman–Crippen MR) is 130 cm³/mol. The number of benzene rings is 1. The van der Waals surface area contributed by atoms with Crippen LogP contribution < -0.4 is 0 Å². The van der Waals surface area contributed by atoms with Gasteiger partial charge in [0.05, 0.1) is 6.61 Å². The molecule has 0 bridgehead atoms. The Labute approximate surface area is 194 Å². The normalized spacial score (nSPS) is 26.6. The first-order valence-corrected chi connectivity index (χ1v) is 13.6. The molecule has 0 amide bonds. The second kappa shape index (κ2) is 14.0. The summed E-state index contributed by atoms with van der Waals surface area (Å²) in [6, 6.07) is 8.20. The fourth-order valence-electron chi connectivity index (χ4n) is 3.93. The van der Waals surface area contributed by atoms with E-state index in [-0.39, 0.29) is 24.6 Å². The zero-order valence-corrected chi connectivity index (χ0v) is 20.5. The predicted octanol–water partition coefficient (Wildman–Crippen LogP) is 5.59. The van der Waals surface area contributed by atoms with Crippen molar-refractivity contribution in [2.45, 2.75) is 63.3 Å². The molecule has 0 saturated carbocycles. The molecule has 166 valence electrons. The summed E-state index contributed by atoms with van der Waals surface area (Å²) in [6.07, 6.45) is 4.34. The molecule has 2 aliphatic rings. The zero-order chi connectivity index (χ0) is 21.9. The van der Waals surface area contributed by atoms with Gasteiger partial charge >= 0.3 is 144 Å². The third kappa shape index (κ3) is 8.83. The third-order valence-electron chi connectivity index (χ3n) is 5.27. The fourth-order valence-corrected chi connectivity index (χ4v) is 4.65. The molecule has 2 aliphatic heterocycles. The van der Waals surface area contributed by atoms with Crippen LogP contribution in [0.2, 0.25) is 0 Å². The van der Waals surface area contributed by atoms with Crippen molar-refractivity contribution in [3.05, 3.63) is 59.9 Å². The number of ether oxygens (including phenoxy) is 3. The maximum absolute atomic E-state index is 6.33. The van der Waals surface area contributed by atoms with Crippen LogP contribution in [0.25, 0.3) is 0 Å². The van der Waals surface area contributed by atoms with Crippen LogP contribution in [-0.2, 0) is 41.8 Å². The SMILES string of the molecule is C=CPOCc1cccc([C@H]2OCC[C@@H](C[C@H]3CC(=C)C[C@H](CCOB=[P+]=S)O3)O2)c1. The van der Waals surface area contributed by atoms with Crippen LogP contribution in [0.3, 0.4) is 0 Å². The van der Waals surface area contributed by atoms with E-state index in [0.29, 0.717) is 28.6 Å². The molecule has 1 aromatic carbocycles. The molecule has 0 aromatic heterocycles. The van der Waals surface area contributed by atoms with Gasteiger partial charge in [-0.2, -0.15) is 0 Å². The molecule has 5 atom stereocenters. The molecular weight excluding hydrogens is 449 g/mol. The Morgan fingerprint density at radius 3 is 2.97 bits per heavy atom. The summed E-state index contributed by atoms with van der Waals surface area (Å²) in [5.41, 5.74) is 3.36. The molecule has 2 heterocycles. The monoisotopic (exact) mass is 479 g/mol. The molecule has 0 N–H and O–H groups in total. The molecule has 0 aliphatic carbocycles. The van der Waals surface area contributed by atoms with Crippen molar-refractivity contribution in [3.63, 3.8) is 0 Å². The molecule has 1 unspecified atom stereocenters. The molecule has 9 heteroatoms. The summed E-state index contributed by atoms with van der Waals surface area (Å²) in [5.74, 6) is 1.78. The number of hydrogen-bond acceptors (Lipinski definition) is 6. The standard InChI is InChI=1S/C22H30BO5P2S/c1-3-29-26-15-17-5-4-6-18(13-17)22-24-9-7-20(28-22)14-21-12-16(2)11-19(27-21)8-10-25-23-30-31/h3-6,13,19-22,29H,1-2,7-12,14-15H2/q+1/t19-,20-,21+,22-/m0/s1. The van der Waals surface area contributed by atoms with E-state index < -0.39 is 0 Å². The summed E-state index contributed by atoms with van der Waals surface area (Å²) < 4.78 is 29.5. The first-order valence-electron chi connectivity index (χ1n) is 10.6. The van der Waals surface area contributed by atoms with Gasteiger partial charge in [0.25, 0.3) is 0 Å². The Morgan fingerprint density at radius 1 is 1.26 bits per heavy atom. The molecule has 2 saturated heterocycles. The van der Waals surface area contributed by atoms with E-state index in [1.165, 1.54) is 5.57 Å². The van der Waals surface area contributed by atoms with Crippen LogP contribution in [0, 0.1) is 0 Å².